The third kappa shape index (κ3) is 10.4. The zero-order valence-electron chi connectivity index (χ0n) is 19.6. The molecule has 14 nitrogen and oxygen atoms in total. The van der Waals surface area contributed by atoms with Crippen molar-refractivity contribution in [1.29, 1.82) is 0 Å². The lowest BCUT2D eigenvalue weighted by atomic mass is 10.1. The molecule has 3 amide bonds. The van der Waals surface area contributed by atoms with Crippen molar-refractivity contribution in [2.75, 3.05) is 25.1 Å². The number of aliphatic carboxylic acids is 2. The minimum absolute atomic E-state index is 0.0597. The van der Waals surface area contributed by atoms with E-state index in [2.05, 4.69) is 15.6 Å². The van der Waals surface area contributed by atoms with Crippen molar-refractivity contribution in [1.82, 2.24) is 15.5 Å². The number of hydrogen-bond donors (Lipinski definition) is 7. The molecule has 35 heavy (non-hydrogen) atoms. The quantitative estimate of drug-likeness (QED) is 0.0688. The van der Waals surface area contributed by atoms with Gasteiger partial charge in [-0.15, -0.1) is 0 Å². The maximum atomic E-state index is 13.1. The van der Waals surface area contributed by atoms with Crippen LogP contribution in [-0.2, 0) is 24.0 Å². The van der Waals surface area contributed by atoms with Gasteiger partial charge in [-0.2, -0.15) is 11.8 Å². The van der Waals surface area contributed by atoms with E-state index in [9.17, 15) is 34.2 Å². The monoisotopic (exact) mass is 517 g/mol. The zero-order chi connectivity index (χ0) is 26.5. The van der Waals surface area contributed by atoms with Crippen molar-refractivity contribution in [3.05, 3.63) is 0 Å². The molecule has 1 saturated heterocycles. The van der Waals surface area contributed by atoms with Crippen LogP contribution in [0.1, 0.15) is 38.5 Å². The highest BCUT2D eigenvalue weighted by Crippen LogP contribution is 2.20. The largest absolute Gasteiger partial charge is 0.481 e. The van der Waals surface area contributed by atoms with E-state index in [1.165, 1.54) is 16.7 Å². The van der Waals surface area contributed by atoms with Crippen LogP contribution in [0.2, 0.25) is 0 Å². The molecular weight excluding hydrogens is 482 g/mol. The molecule has 1 aliphatic heterocycles. The molecule has 1 heterocycles. The van der Waals surface area contributed by atoms with Gasteiger partial charge in [0.15, 0.2) is 5.96 Å². The number of aliphatic imine (C=N–C) groups is 1. The first kappa shape index (κ1) is 30.0. The number of hydrogen-bond acceptors (Lipinski definition) is 8. The number of likely N-dealkylation sites (tertiary alicyclic amines) is 1. The number of nitrogens with two attached hydrogens (primary N) is 3. The van der Waals surface area contributed by atoms with Crippen LogP contribution in [0.25, 0.3) is 0 Å². The molecule has 198 valence electrons. The van der Waals surface area contributed by atoms with Crippen LogP contribution in [0.3, 0.4) is 0 Å². The molecule has 0 aromatic rings. The molecule has 0 spiro atoms. The molecule has 1 rings (SSSR count). The van der Waals surface area contributed by atoms with Gasteiger partial charge in [0.05, 0.1) is 12.5 Å². The second-order valence-electron chi connectivity index (χ2n) is 8.08. The number of carbonyl (C=O) groups excluding carboxylic acids is 3. The minimum atomic E-state index is -1.41. The fraction of sp³-hybridized carbons (Fsp3) is 0.700. The van der Waals surface area contributed by atoms with E-state index in [1.54, 1.807) is 0 Å². The number of amides is 3. The molecule has 15 heteroatoms. The van der Waals surface area contributed by atoms with Gasteiger partial charge in [0, 0.05) is 13.1 Å². The van der Waals surface area contributed by atoms with Crippen LogP contribution in [0, 0.1) is 0 Å². The number of rotatable bonds is 15. The third-order valence-corrected chi connectivity index (χ3v) is 6.01. The summed E-state index contributed by atoms with van der Waals surface area (Å²) in [6, 6.07) is -4.55. The lowest BCUT2D eigenvalue weighted by Gasteiger charge is -2.29. The van der Waals surface area contributed by atoms with Crippen LogP contribution >= 0.6 is 11.8 Å². The van der Waals surface area contributed by atoms with Crippen molar-refractivity contribution in [3.63, 3.8) is 0 Å². The number of carboxylic acid groups (broad SMARTS) is 2. The summed E-state index contributed by atoms with van der Waals surface area (Å²) in [5.41, 5.74) is 16.3. The van der Waals surface area contributed by atoms with E-state index in [1.807, 2.05) is 6.26 Å². The molecule has 4 unspecified atom stereocenters. The van der Waals surface area contributed by atoms with E-state index in [4.69, 9.17) is 17.2 Å². The Kier molecular flexibility index (Phi) is 12.9. The summed E-state index contributed by atoms with van der Waals surface area (Å²) < 4.78 is 0. The number of nitrogens with zero attached hydrogens (tertiary/aromatic N) is 2. The summed E-state index contributed by atoms with van der Waals surface area (Å²) in [6.07, 6.45) is 2.57. The summed E-state index contributed by atoms with van der Waals surface area (Å²) in [7, 11) is 0. The van der Waals surface area contributed by atoms with Crippen LogP contribution < -0.4 is 27.8 Å². The molecule has 0 aromatic heterocycles. The first-order chi connectivity index (χ1) is 16.5. The molecule has 0 saturated carbocycles. The average Bonchev–Trinajstić information content (AvgIpc) is 3.27. The summed E-state index contributed by atoms with van der Waals surface area (Å²) in [4.78, 5) is 66.2. The van der Waals surface area contributed by atoms with Gasteiger partial charge in [-0.05, 0) is 44.1 Å². The Morgan fingerprint density at radius 1 is 1.11 bits per heavy atom. The van der Waals surface area contributed by atoms with Crippen LogP contribution in [0.4, 0.5) is 0 Å². The predicted molar refractivity (Wildman–Crippen MR) is 129 cm³/mol. The van der Waals surface area contributed by atoms with E-state index < -0.39 is 60.2 Å². The van der Waals surface area contributed by atoms with Crippen molar-refractivity contribution in [2.45, 2.75) is 62.7 Å². The predicted octanol–water partition coefficient (Wildman–Crippen LogP) is -2.36. The number of guanidine groups is 1. The standard InChI is InChI=1S/C20H35N7O7S/c1-35-9-6-11(21)16(30)26-13(10-15(28)29)18(32)27-8-3-5-14(27)17(31)25-12(19(33)34)4-2-7-24-20(22)23/h11-14H,2-10,21H2,1H3,(H,25,31)(H,26,30)(H,28,29)(H,33,34)(H4,22,23,24). The van der Waals surface area contributed by atoms with Crippen LogP contribution in [0.5, 0.6) is 0 Å². The smallest absolute Gasteiger partial charge is 0.326 e. The lowest BCUT2D eigenvalue weighted by molar-refractivity contribution is -0.147. The van der Waals surface area contributed by atoms with Gasteiger partial charge in [0.25, 0.3) is 0 Å². The van der Waals surface area contributed by atoms with Crippen molar-refractivity contribution < 1.29 is 34.2 Å². The van der Waals surface area contributed by atoms with Crippen molar-refractivity contribution in [3.8, 4) is 0 Å². The van der Waals surface area contributed by atoms with Gasteiger partial charge in [0.1, 0.15) is 18.1 Å². The zero-order valence-corrected chi connectivity index (χ0v) is 20.5. The second kappa shape index (κ2) is 15.0. The molecule has 10 N–H and O–H groups in total. The highest BCUT2D eigenvalue weighted by molar-refractivity contribution is 7.98. The van der Waals surface area contributed by atoms with E-state index in [-0.39, 0.29) is 31.9 Å². The molecule has 1 aliphatic rings. The summed E-state index contributed by atoms with van der Waals surface area (Å²) in [5.74, 6) is -4.17. The summed E-state index contributed by atoms with van der Waals surface area (Å²) in [5, 5.41) is 23.5. The molecule has 0 bridgehead atoms. The third-order valence-electron chi connectivity index (χ3n) is 5.36. The Morgan fingerprint density at radius 3 is 2.37 bits per heavy atom. The summed E-state index contributed by atoms with van der Waals surface area (Å²) >= 11 is 1.49. The van der Waals surface area contributed by atoms with Gasteiger partial charge in [0.2, 0.25) is 17.7 Å². The fourth-order valence-electron chi connectivity index (χ4n) is 3.56. The van der Waals surface area contributed by atoms with Gasteiger partial charge in [-0.1, -0.05) is 0 Å². The number of nitrogens with one attached hydrogen (secondary N) is 2. The van der Waals surface area contributed by atoms with Gasteiger partial charge >= 0.3 is 11.9 Å². The maximum Gasteiger partial charge on any atom is 0.326 e. The SMILES string of the molecule is CSCCC(N)C(=O)NC(CC(=O)O)C(=O)N1CCCC1C(=O)NC(CCCN=C(N)N)C(=O)O. The van der Waals surface area contributed by atoms with Gasteiger partial charge in [-0.3, -0.25) is 24.2 Å². The molecule has 4 atom stereocenters. The Bertz CT molecular complexity index is 807. The van der Waals surface area contributed by atoms with E-state index in [0.29, 0.717) is 25.0 Å². The number of carbonyl (C=O) groups is 5. The molecular formula is C20H35N7O7S. The van der Waals surface area contributed by atoms with Crippen molar-refractivity contribution in [2.24, 2.45) is 22.2 Å². The average molecular weight is 518 g/mol. The Hall–Kier alpha value is -3.07. The molecule has 0 aromatic carbocycles. The van der Waals surface area contributed by atoms with Crippen molar-refractivity contribution >= 4 is 47.4 Å². The molecule has 0 radical (unpaired) electrons. The number of carboxylic acids is 2. The first-order valence-corrected chi connectivity index (χ1v) is 12.5. The summed E-state index contributed by atoms with van der Waals surface area (Å²) in [6.45, 7) is 0.343. The lowest BCUT2D eigenvalue weighted by Crippen LogP contribution is -2.57. The van der Waals surface area contributed by atoms with E-state index >= 15 is 0 Å². The highest BCUT2D eigenvalue weighted by Gasteiger charge is 2.39. The molecule has 1 fully saturated rings. The normalized spacial score (nSPS) is 17.7. The van der Waals surface area contributed by atoms with Crippen LogP contribution in [-0.4, -0.2) is 100.0 Å². The Morgan fingerprint density at radius 2 is 1.80 bits per heavy atom. The molecule has 0 aliphatic carbocycles. The highest BCUT2D eigenvalue weighted by atomic mass is 32.2. The second-order valence-corrected chi connectivity index (χ2v) is 9.07. The first-order valence-electron chi connectivity index (χ1n) is 11.1. The van der Waals surface area contributed by atoms with E-state index in [0.717, 1.165) is 0 Å². The minimum Gasteiger partial charge on any atom is -0.481 e. The maximum absolute atomic E-state index is 13.1. The van der Waals surface area contributed by atoms with Gasteiger partial charge in [-0.25, -0.2) is 4.79 Å². The Labute approximate surface area is 207 Å². The Balaban J connectivity index is 2.88. The number of thioether (sulfide) groups is 1. The topological polar surface area (TPSA) is 244 Å². The van der Waals surface area contributed by atoms with Gasteiger partial charge < -0.3 is 42.9 Å². The van der Waals surface area contributed by atoms with Crippen LogP contribution in [0.15, 0.2) is 4.99 Å². The fourth-order valence-corrected chi connectivity index (χ4v) is 4.05.